The van der Waals surface area contributed by atoms with Crippen molar-refractivity contribution in [3.8, 4) is 0 Å². The summed E-state index contributed by atoms with van der Waals surface area (Å²) in [5.41, 5.74) is 1.24. The van der Waals surface area contributed by atoms with Crippen molar-refractivity contribution < 1.29 is 14.7 Å². The lowest BCUT2D eigenvalue weighted by Gasteiger charge is -2.36. The van der Waals surface area contributed by atoms with E-state index in [2.05, 4.69) is 11.4 Å². The molecule has 0 aliphatic heterocycles. The summed E-state index contributed by atoms with van der Waals surface area (Å²) in [5.74, 6) is -1.20. The molecule has 1 aromatic rings. The summed E-state index contributed by atoms with van der Waals surface area (Å²) in [6.45, 7) is 0. The fourth-order valence-electron chi connectivity index (χ4n) is 3.90. The Morgan fingerprint density at radius 1 is 1.09 bits per heavy atom. The van der Waals surface area contributed by atoms with Crippen molar-refractivity contribution in [1.29, 1.82) is 0 Å². The molecule has 0 radical (unpaired) electrons. The molecule has 1 amide bonds. The van der Waals surface area contributed by atoms with Crippen LogP contribution in [0.1, 0.15) is 62.0 Å². The van der Waals surface area contributed by atoms with E-state index in [-0.39, 0.29) is 11.8 Å². The first kappa shape index (κ1) is 15.1. The van der Waals surface area contributed by atoms with Gasteiger partial charge in [-0.1, -0.05) is 43.5 Å². The van der Waals surface area contributed by atoms with Gasteiger partial charge in [0.1, 0.15) is 5.54 Å². The third-order valence-corrected chi connectivity index (χ3v) is 5.16. The molecule has 0 aromatic heterocycles. The van der Waals surface area contributed by atoms with Crippen molar-refractivity contribution in [3.05, 3.63) is 35.4 Å². The zero-order valence-electron chi connectivity index (χ0n) is 12.8. The quantitative estimate of drug-likeness (QED) is 0.902. The van der Waals surface area contributed by atoms with Crippen LogP contribution in [0, 0.1) is 0 Å². The van der Waals surface area contributed by atoms with Gasteiger partial charge in [0, 0.05) is 0 Å². The number of hydrogen-bond donors (Lipinski definition) is 2. The minimum Gasteiger partial charge on any atom is -0.480 e. The van der Waals surface area contributed by atoms with E-state index in [4.69, 9.17) is 0 Å². The summed E-state index contributed by atoms with van der Waals surface area (Å²) >= 11 is 0. The Morgan fingerprint density at radius 2 is 1.82 bits per heavy atom. The minimum atomic E-state index is -1.05. The monoisotopic (exact) mass is 301 g/mol. The SMILES string of the molecule is O=C(NC1(C(=O)O)CCCCC1)C1CCCc2ccccc21. The lowest BCUT2D eigenvalue weighted by atomic mass is 9.79. The molecule has 4 heteroatoms. The molecule has 1 aromatic carbocycles. The average Bonchev–Trinajstić information content (AvgIpc) is 2.55. The van der Waals surface area contributed by atoms with Gasteiger partial charge in [0.15, 0.2) is 0 Å². The van der Waals surface area contributed by atoms with Crippen LogP contribution in [0.15, 0.2) is 24.3 Å². The smallest absolute Gasteiger partial charge is 0.329 e. The molecular formula is C18H23NO3. The maximum atomic E-state index is 12.8. The van der Waals surface area contributed by atoms with E-state index in [9.17, 15) is 14.7 Å². The highest BCUT2D eigenvalue weighted by molar-refractivity contribution is 5.91. The summed E-state index contributed by atoms with van der Waals surface area (Å²) in [6, 6.07) is 8.03. The molecule has 3 rings (SSSR count). The number of carbonyl (C=O) groups excluding carboxylic acids is 1. The standard InChI is InChI=1S/C18H23NO3/c20-16(19-18(17(21)22)11-4-1-5-12-18)15-10-6-8-13-7-2-3-9-14(13)15/h2-3,7,9,15H,1,4-6,8,10-12H2,(H,19,20)(H,21,22). The Kier molecular flexibility index (Phi) is 4.19. The number of rotatable bonds is 3. The van der Waals surface area contributed by atoms with Crippen molar-refractivity contribution in [2.75, 3.05) is 0 Å². The van der Waals surface area contributed by atoms with Gasteiger partial charge >= 0.3 is 5.97 Å². The zero-order valence-corrected chi connectivity index (χ0v) is 12.8. The number of nitrogens with one attached hydrogen (secondary N) is 1. The highest BCUT2D eigenvalue weighted by Crippen LogP contribution is 2.34. The highest BCUT2D eigenvalue weighted by Gasteiger charge is 2.42. The van der Waals surface area contributed by atoms with Gasteiger partial charge in [0.25, 0.3) is 0 Å². The van der Waals surface area contributed by atoms with Crippen molar-refractivity contribution >= 4 is 11.9 Å². The van der Waals surface area contributed by atoms with Crippen molar-refractivity contribution in [2.45, 2.75) is 62.8 Å². The predicted molar refractivity (Wildman–Crippen MR) is 83.7 cm³/mol. The molecule has 1 atom stereocenters. The first-order chi connectivity index (χ1) is 10.6. The van der Waals surface area contributed by atoms with Crippen LogP contribution < -0.4 is 5.32 Å². The summed E-state index contributed by atoms with van der Waals surface area (Å²) < 4.78 is 0. The van der Waals surface area contributed by atoms with E-state index < -0.39 is 11.5 Å². The lowest BCUT2D eigenvalue weighted by molar-refractivity contribution is -0.149. The van der Waals surface area contributed by atoms with Crippen LogP contribution in [-0.2, 0) is 16.0 Å². The van der Waals surface area contributed by atoms with Gasteiger partial charge in [0.2, 0.25) is 5.91 Å². The van der Waals surface area contributed by atoms with Crippen LogP contribution in [0.5, 0.6) is 0 Å². The van der Waals surface area contributed by atoms with Crippen LogP contribution in [0.4, 0.5) is 0 Å². The maximum Gasteiger partial charge on any atom is 0.329 e. The van der Waals surface area contributed by atoms with Crippen molar-refractivity contribution in [3.63, 3.8) is 0 Å². The zero-order chi connectivity index (χ0) is 15.6. The van der Waals surface area contributed by atoms with E-state index in [0.717, 1.165) is 44.1 Å². The number of hydrogen-bond acceptors (Lipinski definition) is 2. The van der Waals surface area contributed by atoms with Gasteiger partial charge in [-0.25, -0.2) is 4.79 Å². The maximum absolute atomic E-state index is 12.8. The molecular weight excluding hydrogens is 278 g/mol. The summed E-state index contributed by atoms with van der Waals surface area (Å²) in [5, 5.41) is 12.5. The van der Waals surface area contributed by atoms with Crippen molar-refractivity contribution in [2.24, 2.45) is 0 Å². The van der Waals surface area contributed by atoms with Gasteiger partial charge in [-0.2, -0.15) is 0 Å². The third-order valence-electron chi connectivity index (χ3n) is 5.16. The van der Waals surface area contributed by atoms with Gasteiger partial charge in [-0.05, 0) is 43.2 Å². The second-order valence-electron chi connectivity index (χ2n) is 6.58. The Labute approximate surface area is 130 Å². The van der Waals surface area contributed by atoms with E-state index >= 15 is 0 Å². The molecule has 4 nitrogen and oxygen atoms in total. The number of amides is 1. The number of aryl methyl sites for hydroxylation is 1. The highest BCUT2D eigenvalue weighted by atomic mass is 16.4. The van der Waals surface area contributed by atoms with Gasteiger partial charge in [0.05, 0.1) is 5.92 Å². The van der Waals surface area contributed by atoms with Crippen LogP contribution in [0.2, 0.25) is 0 Å². The first-order valence-corrected chi connectivity index (χ1v) is 8.26. The fraction of sp³-hybridized carbons (Fsp3) is 0.556. The second kappa shape index (κ2) is 6.11. The predicted octanol–water partition coefficient (Wildman–Crippen LogP) is 3.01. The molecule has 0 saturated heterocycles. The van der Waals surface area contributed by atoms with Crippen molar-refractivity contribution in [1.82, 2.24) is 5.32 Å². The van der Waals surface area contributed by atoms with E-state index in [1.54, 1.807) is 0 Å². The molecule has 1 unspecified atom stereocenters. The molecule has 2 aliphatic carbocycles. The van der Waals surface area contributed by atoms with Gasteiger partial charge in [-0.15, -0.1) is 0 Å². The van der Waals surface area contributed by atoms with Gasteiger partial charge in [-0.3, -0.25) is 4.79 Å². The molecule has 22 heavy (non-hydrogen) atoms. The van der Waals surface area contributed by atoms with Crippen LogP contribution in [0.3, 0.4) is 0 Å². The number of benzene rings is 1. The normalized spacial score (nSPS) is 23.4. The largest absolute Gasteiger partial charge is 0.480 e. The number of fused-ring (bicyclic) bond motifs is 1. The molecule has 0 spiro atoms. The molecule has 1 fully saturated rings. The fourth-order valence-corrected chi connectivity index (χ4v) is 3.90. The first-order valence-electron chi connectivity index (χ1n) is 8.26. The third kappa shape index (κ3) is 2.74. The van der Waals surface area contributed by atoms with Crippen LogP contribution in [-0.4, -0.2) is 22.5 Å². The number of aliphatic carboxylic acids is 1. The summed E-state index contributed by atoms with van der Waals surface area (Å²) in [7, 11) is 0. The van der Waals surface area contributed by atoms with Gasteiger partial charge < -0.3 is 10.4 Å². The molecule has 118 valence electrons. The van der Waals surface area contributed by atoms with Crippen LogP contribution >= 0.6 is 0 Å². The Bertz CT molecular complexity index is 575. The Morgan fingerprint density at radius 3 is 2.55 bits per heavy atom. The minimum absolute atomic E-state index is 0.114. The second-order valence-corrected chi connectivity index (χ2v) is 6.58. The van der Waals surface area contributed by atoms with E-state index in [0.29, 0.717) is 12.8 Å². The summed E-state index contributed by atoms with van der Waals surface area (Å²) in [6.07, 6.45) is 6.67. The number of carboxylic acid groups (broad SMARTS) is 1. The van der Waals surface area contributed by atoms with Crippen LogP contribution in [0.25, 0.3) is 0 Å². The average molecular weight is 301 g/mol. The molecule has 2 aliphatic rings. The number of carbonyl (C=O) groups is 2. The molecule has 0 heterocycles. The molecule has 1 saturated carbocycles. The lowest BCUT2D eigenvalue weighted by Crippen LogP contribution is -2.56. The van der Waals surface area contributed by atoms with E-state index in [1.165, 1.54) is 5.56 Å². The molecule has 2 N–H and O–H groups in total. The Hall–Kier alpha value is -1.84. The topological polar surface area (TPSA) is 66.4 Å². The molecule has 0 bridgehead atoms. The summed E-state index contributed by atoms with van der Waals surface area (Å²) in [4.78, 5) is 24.5. The number of carboxylic acids is 1. The Balaban J connectivity index is 1.81. The van der Waals surface area contributed by atoms with E-state index in [1.807, 2.05) is 18.2 Å².